The van der Waals surface area contributed by atoms with Crippen LogP contribution < -0.4 is 5.73 Å². The molecule has 0 bridgehead atoms. The maximum absolute atomic E-state index is 11.7. The molecule has 0 aromatic carbocycles. The molecule has 0 spiro atoms. The minimum absolute atomic E-state index is 0.124. The predicted molar refractivity (Wildman–Crippen MR) is 67.6 cm³/mol. The van der Waals surface area contributed by atoms with Crippen LogP contribution in [-0.2, 0) is 22.6 Å². The number of likely N-dealkylation sites (tertiary alicyclic amines) is 1. The monoisotopic (exact) mass is 249 g/mol. The Kier molecular flexibility index (Phi) is 4.28. The first-order valence-electron chi connectivity index (χ1n) is 6.21. The van der Waals surface area contributed by atoms with E-state index in [0.717, 1.165) is 30.6 Å². The van der Waals surface area contributed by atoms with E-state index in [1.807, 2.05) is 12.1 Å². The third-order valence-corrected chi connectivity index (χ3v) is 3.39. The van der Waals surface area contributed by atoms with Crippen molar-refractivity contribution in [3.8, 4) is 0 Å². The van der Waals surface area contributed by atoms with Crippen molar-refractivity contribution >= 4 is 5.97 Å². The topological polar surface area (TPSA) is 68.5 Å². The highest BCUT2D eigenvalue weighted by molar-refractivity contribution is 5.75. The van der Waals surface area contributed by atoms with E-state index in [1.54, 1.807) is 6.20 Å². The van der Waals surface area contributed by atoms with Crippen LogP contribution in [0.4, 0.5) is 0 Å². The van der Waals surface area contributed by atoms with Crippen molar-refractivity contribution < 1.29 is 9.53 Å². The molecule has 1 atom stereocenters. The van der Waals surface area contributed by atoms with E-state index >= 15 is 0 Å². The number of carbonyl (C=O) groups is 1. The number of aromatic nitrogens is 1. The van der Waals surface area contributed by atoms with Crippen LogP contribution in [-0.4, -0.2) is 35.5 Å². The van der Waals surface area contributed by atoms with Gasteiger partial charge in [-0.1, -0.05) is 6.07 Å². The van der Waals surface area contributed by atoms with Crippen molar-refractivity contribution in [2.75, 3.05) is 13.7 Å². The maximum Gasteiger partial charge on any atom is 0.323 e. The van der Waals surface area contributed by atoms with Gasteiger partial charge in [0.15, 0.2) is 0 Å². The number of ether oxygens (including phenoxy) is 1. The molecule has 1 aromatic heterocycles. The van der Waals surface area contributed by atoms with Gasteiger partial charge in [-0.2, -0.15) is 0 Å². The first-order valence-corrected chi connectivity index (χ1v) is 6.21. The number of nitrogens with zero attached hydrogens (tertiary/aromatic N) is 2. The Morgan fingerprint density at radius 3 is 3.22 bits per heavy atom. The number of rotatable bonds is 4. The molecule has 2 N–H and O–H groups in total. The van der Waals surface area contributed by atoms with E-state index < -0.39 is 0 Å². The highest BCUT2D eigenvalue weighted by atomic mass is 16.5. The molecular formula is C13H19N3O2. The van der Waals surface area contributed by atoms with Gasteiger partial charge in [0.05, 0.1) is 12.8 Å². The zero-order chi connectivity index (χ0) is 13.0. The molecule has 5 heteroatoms. The van der Waals surface area contributed by atoms with Crippen molar-refractivity contribution in [2.45, 2.75) is 32.0 Å². The minimum Gasteiger partial charge on any atom is -0.468 e. The minimum atomic E-state index is -0.148. The van der Waals surface area contributed by atoms with Gasteiger partial charge in [0.25, 0.3) is 0 Å². The third kappa shape index (κ3) is 2.68. The Labute approximate surface area is 107 Å². The summed E-state index contributed by atoms with van der Waals surface area (Å²) in [6.07, 6.45) is 3.64. The normalized spacial score (nSPS) is 20.0. The van der Waals surface area contributed by atoms with Gasteiger partial charge in [-0.15, -0.1) is 0 Å². The molecule has 1 unspecified atom stereocenters. The molecule has 0 amide bonds. The van der Waals surface area contributed by atoms with Crippen molar-refractivity contribution in [3.63, 3.8) is 0 Å². The van der Waals surface area contributed by atoms with E-state index in [2.05, 4.69) is 9.88 Å². The summed E-state index contributed by atoms with van der Waals surface area (Å²) in [4.78, 5) is 18.1. The number of hydrogen-bond acceptors (Lipinski definition) is 5. The second kappa shape index (κ2) is 5.93. The van der Waals surface area contributed by atoms with Crippen LogP contribution in [0.3, 0.4) is 0 Å². The second-order valence-electron chi connectivity index (χ2n) is 4.47. The quantitative estimate of drug-likeness (QED) is 0.795. The maximum atomic E-state index is 11.7. The lowest BCUT2D eigenvalue weighted by atomic mass is 10.1. The molecule has 1 saturated heterocycles. The molecule has 0 saturated carbocycles. The molecule has 1 fully saturated rings. The van der Waals surface area contributed by atoms with Gasteiger partial charge >= 0.3 is 5.97 Å². The number of carbonyl (C=O) groups excluding carboxylic acids is 1. The molecule has 5 nitrogen and oxygen atoms in total. The van der Waals surface area contributed by atoms with E-state index in [0.29, 0.717) is 13.1 Å². The Morgan fingerprint density at radius 2 is 2.50 bits per heavy atom. The van der Waals surface area contributed by atoms with Crippen LogP contribution >= 0.6 is 0 Å². The lowest BCUT2D eigenvalue weighted by Crippen LogP contribution is -2.36. The van der Waals surface area contributed by atoms with Crippen LogP contribution in [0.2, 0.25) is 0 Å². The van der Waals surface area contributed by atoms with Crippen molar-refractivity contribution in [1.82, 2.24) is 9.88 Å². The fourth-order valence-corrected chi connectivity index (χ4v) is 2.44. The smallest absolute Gasteiger partial charge is 0.323 e. The SMILES string of the molecule is COC(=O)C1CCCN1Cc1cccnc1CN. The average Bonchev–Trinajstić information content (AvgIpc) is 2.86. The van der Waals surface area contributed by atoms with Gasteiger partial charge in [-0.05, 0) is 31.0 Å². The third-order valence-electron chi connectivity index (χ3n) is 3.39. The molecule has 2 heterocycles. The van der Waals surface area contributed by atoms with E-state index in [1.165, 1.54) is 7.11 Å². The fraction of sp³-hybridized carbons (Fsp3) is 0.538. The molecule has 0 aliphatic carbocycles. The number of hydrogen-bond donors (Lipinski definition) is 1. The lowest BCUT2D eigenvalue weighted by molar-refractivity contribution is -0.146. The molecule has 1 aromatic rings. The highest BCUT2D eigenvalue weighted by Gasteiger charge is 2.31. The van der Waals surface area contributed by atoms with Crippen molar-refractivity contribution in [2.24, 2.45) is 5.73 Å². The van der Waals surface area contributed by atoms with Crippen LogP contribution in [0.15, 0.2) is 18.3 Å². The standard InChI is InChI=1S/C13H19N3O2/c1-18-13(17)12-5-3-7-16(12)9-10-4-2-6-15-11(10)8-14/h2,4,6,12H,3,5,7-9,14H2,1H3. The van der Waals surface area contributed by atoms with Crippen LogP contribution in [0, 0.1) is 0 Å². The summed E-state index contributed by atoms with van der Waals surface area (Å²) in [6, 6.07) is 3.79. The van der Waals surface area contributed by atoms with Gasteiger partial charge in [-0.25, -0.2) is 0 Å². The first kappa shape index (κ1) is 13.0. The summed E-state index contributed by atoms with van der Waals surface area (Å²) < 4.78 is 4.84. The van der Waals surface area contributed by atoms with E-state index in [4.69, 9.17) is 10.5 Å². The average molecular weight is 249 g/mol. The van der Waals surface area contributed by atoms with Gasteiger partial charge < -0.3 is 10.5 Å². The summed E-state index contributed by atoms with van der Waals surface area (Å²) in [5.41, 5.74) is 7.66. The Hall–Kier alpha value is -1.46. The van der Waals surface area contributed by atoms with Gasteiger partial charge in [0.2, 0.25) is 0 Å². The van der Waals surface area contributed by atoms with Gasteiger partial charge in [-0.3, -0.25) is 14.7 Å². The Balaban J connectivity index is 2.10. The summed E-state index contributed by atoms with van der Waals surface area (Å²) in [5, 5.41) is 0. The summed E-state index contributed by atoms with van der Waals surface area (Å²) >= 11 is 0. The number of esters is 1. The summed E-state index contributed by atoms with van der Waals surface area (Å²) in [7, 11) is 1.44. The molecule has 98 valence electrons. The Bertz CT molecular complexity index is 422. The molecule has 2 rings (SSSR count). The number of methoxy groups -OCH3 is 1. The van der Waals surface area contributed by atoms with Crippen LogP contribution in [0.5, 0.6) is 0 Å². The highest BCUT2D eigenvalue weighted by Crippen LogP contribution is 2.21. The molecule has 0 radical (unpaired) electrons. The fourth-order valence-electron chi connectivity index (χ4n) is 2.44. The van der Waals surface area contributed by atoms with Crippen molar-refractivity contribution in [1.29, 1.82) is 0 Å². The van der Waals surface area contributed by atoms with Crippen LogP contribution in [0.1, 0.15) is 24.1 Å². The Morgan fingerprint density at radius 1 is 1.67 bits per heavy atom. The second-order valence-corrected chi connectivity index (χ2v) is 4.47. The first-order chi connectivity index (χ1) is 8.76. The number of pyridine rings is 1. The van der Waals surface area contributed by atoms with Gasteiger partial charge in [0.1, 0.15) is 6.04 Å². The molecular weight excluding hydrogens is 230 g/mol. The number of nitrogens with two attached hydrogens (primary N) is 1. The largest absolute Gasteiger partial charge is 0.468 e. The van der Waals surface area contributed by atoms with E-state index in [-0.39, 0.29) is 12.0 Å². The lowest BCUT2D eigenvalue weighted by Gasteiger charge is -2.23. The van der Waals surface area contributed by atoms with Gasteiger partial charge in [0, 0.05) is 19.3 Å². The zero-order valence-electron chi connectivity index (χ0n) is 10.6. The van der Waals surface area contributed by atoms with E-state index in [9.17, 15) is 4.79 Å². The zero-order valence-corrected chi connectivity index (χ0v) is 10.6. The predicted octanol–water partition coefficient (Wildman–Crippen LogP) is 0.678. The molecule has 1 aliphatic rings. The van der Waals surface area contributed by atoms with Crippen molar-refractivity contribution in [3.05, 3.63) is 29.6 Å². The summed E-state index contributed by atoms with van der Waals surface area (Å²) in [5.74, 6) is -0.148. The molecule has 1 aliphatic heterocycles. The summed E-state index contributed by atoms with van der Waals surface area (Å²) in [6.45, 7) is 2.05. The van der Waals surface area contributed by atoms with Crippen LogP contribution in [0.25, 0.3) is 0 Å². The molecule has 18 heavy (non-hydrogen) atoms.